The highest BCUT2D eigenvalue weighted by Gasteiger charge is 2.25. The van der Waals surface area contributed by atoms with Gasteiger partial charge in [0.1, 0.15) is 11.9 Å². The van der Waals surface area contributed by atoms with Gasteiger partial charge in [0.15, 0.2) is 0 Å². The molecule has 3 atom stereocenters. The van der Waals surface area contributed by atoms with E-state index in [-0.39, 0.29) is 29.5 Å². The van der Waals surface area contributed by atoms with Crippen molar-refractivity contribution < 1.29 is 13.9 Å². The number of halogens is 1. The van der Waals surface area contributed by atoms with Gasteiger partial charge in [-0.25, -0.2) is 4.39 Å². The Labute approximate surface area is 149 Å². The van der Waals surface area contributed by atoms with E-state index in [9.17, 15) is 9.18 Å². The molecule has 1 fully saturated rings. The van der Waals surface area contributed by atoms with Gasteiger partial charge in [0.05, 0.1) is 17.9 Å². The van der Waals surface area contributed by atoms with E-state index in [1.165, 1.54) is 6.07 Å². The summed E-state index contributed by atoms with van der Waals surface area (Å²) in [5.74, 6) is -0.414. The van der Waals surface area contributed by atoms with Crippen molar-refractivity contribution in [2.75, 3.05) is 23.3 Å². The smallest absolute Gasteiger partial charge is 0.242 e. The van der Waals surface area contributed by atoms with E-state index in [0.717, 1.165) is 0 Å². The summed E-state index contributed by atoms with van der Waals surface area (Å²) in [6, 6.07) is 4.56. The molecule has 1 aromatic rings. The number of rotatable bonds is 4. The van der Waals surface area contributed by atoms with Crippen LogP contribution in [0.15, 0.2) is 18.2 Å². The SMILES string of the molecule is C[C@@H]1CN(c2ccc(N[C@H](C)C(=O)NC(C)(C)C)cc2F)C[C@@H](C)O1. The average Bonchev–Trinajstić information content (AvgIpc) is 2.44. The number of hydrogen-bond acceptors (Lipinski definition) is 4. The van der Waals surface area contributed by atoms with Gasteiger partial charge in [-0.05, 0) is 59.7 Å². The summed E-state index contributed by atoms with van der Waals surface area (Å²) in [6.07, 6.45) is 0.143. The number of nitrogens with zero attached hydrogens (tertiary/aromatic N) is 1. The molecule has 2 N–H and O–H groups in total. The Morgan fingerprint density at radius 2 is 1.88 bits per heavy atom. The van der Waals surface area contributed by atoms with Crippen molar-refractivity contribution in [1.82, 2.24) is 5.32 Å². The third-order valence-electron chi connectivity index (χ3n) is 3.98. The maximum Gasteiger partial charge on any atom is 0.242 e. The van der Waals surface area contributed by atoms with Gasteiger partial charge in [0.25, 0.3) is 0 Å². The molecule has 6 heteroatoms. The molecule has 1 amide bonds. The van der Waals surface area contributed by atoms with E-state index < -0.39 is 6.04 Å². The van der Waals surface area contributed by atoms with E-state index in [1.807, 2.05) is 45.6 Å². The van der Waals surface area contributed by atoms with E-state index in [4.69, 9.17) is 4.74 Å². The van der Waals surface area contributed by atoms with Gasteiger partial charge < -0.3 is 20.3 Å². The molecule has 1 saturated heterocycles. The summed E-state index contributed by atoms with van der Waals surface area (Å²) in [7, 11) is 0. The predicted octanol–water partition coefficient (Wildman–Crippen LogP) is 3.15. The molecular weight excluding hydrogens is 321 g/mol. The first kappa shape index (κ1) is 19.5. The summed E-state index contributed by atoms with van der Waals surface area (Å²) in [4.78, 5) is 14.2. The molecule has 1 aromatic carbocycles. The molecule has 2 rings (SSSR count). The van der Waals surface area contributed by atoms with Gasteiger partial charge in [-0.1, -0.05) is 0 Å². The van der Waals surface area contributed by atoms with E-state index >= 15 is 0 Å². The van der Waals surface area contributed by atoms with Crippen LogP contribution in [0.5, 0.6) is 0 Å². The second-order valence-corrected chi connectivity index (χ2v) is 7.93. The molecule has 0 aromatic heterocycles. The van der Waals surface area contributed by atoms with Crippen molar-refractivity contribution in [3.63, 3.8) is 0 Å². The second-order valence-electron chi connectivity index (χ2n) is 7.93. The minimum absolute atomic E-state index is 0.0714. The Bertz CT molecular complexity index is 605. The first-order valence-corrected chi connectivity index (χ1v) is 8.83. The Kier molecular flexibility index (Phi) is 5.93. The van der Waals surface area contributed by atoms with Gasteiger partial charge in [0, 0.05) is 24.3 Å². The van der Waals surface area contributed by atoms with Gasteiger partial charge in [-0.3, -0.25) is 4.79 Å². The van der Waals surface area contributed by atoms with Gasteiger partial charge in [0.2, 0.25) is 5.91 Å². The molecule has 0 aliphatic carbocycles. The van der Waals surface area contributed by atoms with Crippen molar-refractivity contribution in [2.45, 2.75) is 65.3 Å². The van der Waals surface area contributed by atoms with Crippen molar-refractivity contribution in [1.29, 1.82) is 0 Å². The molecule has 0 radical (unpaired) electrons. The maximum absolute atomic E-state index is 14.6. The zero-order valence-electron chi connectivity index (χ0n) is 16.0. The van der Waals surface area contributed by atoms with E-state index in [1.54, 1.807) is 13.0 Å². The Morgan fingerprint density at radius 1 is 1.28 bits per heavy atom. The van der Waals surface area contributed by atoms with Crippen LogP contribution in [0.2, 0.25) is 0 Å². The van der Waals surface area contributed by atoms with Crippen molar-refractivity contribution in [2.24, 2.45) is 0 Å². The monoisotopic (exact) mass is 351 g/mol. The van der Waals surface area contributed by atoms with Crippen molar-refractivity contribution in [3.8, 4) is 0 Å². The topological polar surface area (TPSA) is 53.6 Å². The fourth-order valence-electron chi connectivity index (χ4n) is 3.02. The first-order chi connectivity index (χ1) is 11.5. The lowest BCUT2D eigenvalue weighted by Gasteiger charge is -2.37. The fourth-order valence-corrected chi connectivity index (χ4v) is 3.02. The summed E-state index contributed by atoms with van der Waals surface area (Å²) in [6.45, 7) is 12.9. The average molecular weight is 351 g/mol. The summed E-state index contributed by atoms with van der Waals surface area (Å²) >= 11 is 0. The summed E-state index contributed by atoms with van der Waals surface area (Å²) in [5, 5.41) is 5.97. The summed E-state index contributed by atoms with van der Waals surface area (Å²) in [5.41, 5.74) is 0.859. The Hall–Kier alpha value is -1.82. The standard InChI is InChI=1S/C19H30FN3O2/c1-12-10-23(11-13(2)25-12)17-8-7-15(9-16(17)20)21-14(3)18(24)22-19(4,5)6/h7-9,12-14,21H,10-11H2,1-6H3,(H,22,24)/t12-,13-,14-/m1/s1. The van der Waals surface area contributed by atoms with Crippen LogP contribution in [0.4, 0.5) is 15.8 Å². The van der Waals surface area contributed by atoms with Gasteiger partial charge in [-0.15, -0.1) is 0 Å². The number of carbonyl (C=O) groups is 1. The molecule has 25 heavy (non-hydrogen) atoms. The lowest BCUT2D eigenvalue weighted by Crippen LogP contribution is -2.47. The molecule has 0 bridgehead atoms. The molecule has 140 valence electrons. The second kappa shape index (κ2) is 7.60. The molecule has 0 saturated carbocycles. The van der Waals surface area contributed by atoms with Crippen LogP contribution in [0.1, 0.15) is 41.5 Å². The van der Waals surface area contributed by atoms with E-state index in [2.05, 4.69) is 10.6 Å². The molecule has 1 aliphatic rings. The molecule has 1 heterocycles. The van der Waals surface area contributed by atoms with Crippen LogP contribution in [-0.2, 0) is 9.53 Å². The minimum Gasteiger partial charge on any atom is -0.374 e. The lowest BCUT2D eigenvalue weighted by molar-refractivity contribution is -0.122. The number of morpholine rings is 1. The molecule has 0 spiro atoms. The first-order valence-electron chi connectivity index (χ1n) is 8.83. The van der Waals surface area contributed by atoms with Gasteiger partial charge >= 0.3 is 0 Å². The summed E-state index contributed by atoms with van der Waals surface area (Å²) < 4.78 is 20.3. The van der Waals surface area contributed by atoms with E-state index in [0.29, 0.717) is 24.5 Å². The van der Waals surface area contributed by atoms with Crippen LogP contribution >= 0.6 is 0 Å². The number of amides is 1. The normalized spacial score (nSPS) is 22.4. The number of nitrogens with one attached hydrogen (secondary N) is 2. The molecule has 0 unspecified atom stereocenters. The van der Waals surface area contributed by atoms with Crippen molar-refractivity contribution in [3.05, 3.63) is 24.0 Å². The zero-order valence-corrected chi connectivity index (χ0v) is 16.0. The number of anilines is 2. The quantitative estimate of drug-likeness (QED) is 0.875. The number of hydrogen-bond donors (Lipinski definition) is 2. The third-order valence-corrected chi connectivity index (χ3v) is 3.98. The number of ether oxygens (including phenoxy) is 1. The Morgan fingerprint density at radius 3 is 2.40 bits per heavy atom. The van der Waals surface area contributed by atoms with Crippen LogP contribution in [0.3, 0.4) is 0 Å². The number of carbonyl (C=O) groups excluding carboxylic acids is 1. The van der Waals surface area contributed by atoms with Gasteiger partial charge in [-0.2, -0.15) is 0 Å². The van der Waals surface area contributed by atoms with Crippen LogP contribution in [0, 0.1) is 5.82 Å². The van der Waals surface area contributed by atoms with Crippen LogP contribution in [0.25, 0.3) is 0 Å². The maximum atomic E-state index is 14.6. The molecular formula is C19H30FN3O2. The largest absolute Gasteiger partial charge is 0.374 e. The van der Waals surface area contributed by atoms with Crippen LogP contribution in [-0.4, -0.2) is 42.8 Å². The number of benzene rings is 1. The third kappa shape index (κ3) is 5.59. The highest BCUT2D eigenvalue weighted by atomic mass is 19.1. The molecule has 5 nitrogen and oxygen atoms in total. The van der Waals surface area contributed by atoms with Crippen molar-refractivity contribution >= 4 is 17.3 Å². The highest BCUT2D eigenvalue weighted by Crippen LogP contribution is 2.26. The predicted molar refractivity (Wildman–Crippen MR) is 99.6 cm³/mol. The lowest BCUT2D eigenvalue weighted by atomic mass is 10.1. The Balaban J connectivity index is 2.05. The fraction of sp³-hybridized carbons (Fsp3) is 0.632. The molecule has 1 aliphatic heterocycles. The zero-order chi connectivity index (χ0) is 18.8. The highest BCUT2D eigenvalue weighted by molar-refractivity contribution is 5.84. The van der Waals surface area contributed by atoms with Crippen LogP contribution < -0.4 is 15.5 Å². The minimum atomic E-state index is -0.451.